The summed E-state index contributed by atoms with van der Waals surface area (Å²) in [7, 11) is 0. The summed E-state index contributed by atoms with van der Waals surface area (Å²) in [6.07, 6.45) is 1.85. The van der Waals surface area contributed by atoms with E-state index in [0.29, 0.717) is 30.7 Å². The summed E-state index contributed by atoms with van der Waals surface area (Å²) < 4.78 is 44.6. The zero-order chi connectivity index (χ0) is 15.7. The van der Waals surface area contributed by atoms with Crippen LogP contribution in [0.4, 0.5) is 13.2 Å². The summed E-state index contributed by atoms with van der Waals surface area (Å²) in [4.78, 5) is 11.1. The average Bonchev–Trinajstić information content (AvgIpc) is 2.92. The minimum absolute atomic E-state index is 0.0248. The van der Waals surface area contributed by atoms with Crippen molar-refractivity contribution in [2.24, 2.45) is 0 Å². The number of aromatic amines is 1. The molecule has 1 saturated heterocycles. The lowest BCUT2D eigenvalue weighted by Crippen LogP contribution is -2.38. The number of H-pyrrole nitrogens is 1. The highest BCUT2D eigenvalue weighted by molar-refractivity contribution is 5.21. The first-order valence-corrected chi connectivity index (χ1v) is 7.08. The molecule has 2 unspecified atom stereocenters. The second-order valence-electron chi connectivity index (χ2n) is 5.57. The lowest BCUT2D eigenvalue weighted by molar-refractivity contribution is 0.292. The molecule has 0 amide bonds. The molecule has 0 radical (unpaired) electrons. The zero-order valence-electron chi connectivity index (χ0n) is 11.7. The van der Waals surface area contributed by atoms with Crippen LogP contribution < -0.4 is 10.9 Å². The van der Waals surface area contributed by atoms with Crippen molar-refractivity contribution < 1.29 is 17.7 Å². The highest BCUT2D eigenvalue weighted by Crippen LogP contribution is 2.28. The van der Waals surface area contributed by atoms with E-state index in [1.807, 2.05) is 0 Å². The zero-order valence-corrected chi connectivity index (χ0v) is 11.7. The van der Waals surface area contributed by atoms with E-state index in [1.165, 1.54) is 6.07 Å². The second-order valence-corrected chi connectivity index (χ2v) is 5.57. The third kappa shape index (κ3) is 3.09. The Morgan fingerprint density at radius 2 is 1.91 bits per heavy atom. The van der Waals surface area contributed by atoms with Gasteiger partial charge in [0.15, 0.2) is 17.5 Å². The first-order valence-electron chi connectivity index (χ1n) is 7.08. The van der Waals surface area contributed by atoms with Crippen molar-refractivity contribution in [2.75, 3.05) is 6.54 Å². The van der Waals surface area contributed by atoms with Gasteiger partial charge in [-0.05, 0) is 43.5 Å². The Bertz CT molecular complexity index is 703. The number of nitrogens with one attached hydrogen (secondary N) is 2. The summed E-state index contributed by atoms with van der Waals surface area (Å²) in [6, 6.07) is 3.42. The van der Waals surface area contributed by atoms with Gasteiger partial charge >= 0.3 is 0 Å². The van der Waals surface area contributed by atoms with Crippen molar-refractivity contribution in [3.63, 3.8) is 0 Å². The fourth-order valence-corrected chi connectivity index (χ4v) is 2.93. The number of hydrogen-bond donors (Lipinski definition) is 2. The van der Waals surface area contributed by atoms with Crippen molar-refractivity contribution >= 4 is 0 Å². The summed E-state index contributed by atoms with van der Waals surface area (Å²) in [5, 5.41) is 5.52. The quantitative estimate of drug-likeness (QED) is 0.856. The third-order valence-electron chi connectivity index (χ3n) is 3.97. The predicted molar refractivity (Wildman–Crippen MR) is 73.1 cm³/mol. The van der Waals surface area contributed by atoms with Crippen LogP contribution in [-0.4, -0.2) is 17.7 Å². The minimum atomic E-state index is -1.45. The monoisotopic (exact) mass is 312 g/mol. The van der Waals surface area contributed by atoms with E-state index in [9.17, 15) is 18.0 Å². The fourth-order valence-electron chi connectivity index (χ4n) is 2.93. The van der Waals surface area contributed by atoms with E-state index in [1.54, 1.807) is 0 Å². The summed E-state index contributed by atoms with van der Waals surface area (Å²) >= 11 is 0. The molecule has 2 aromatic rings. The number of hydrogen-bond acceptors (Lipinski definition) is 3. The molecule has 2 heterocycles. The molecule has 1 fully saturated rings. The molecule has 1 aromatic carbocycles. The van der Waals surface area contributed by atoms with Crippen LogP contribution in [-0.2, 0) is 6.42 Å². The minimum Gasteiger partial charge on any atom is -0.383 e. The summed E-state index contributed by atoms with van der Waals surface area (Å²) in [5.41, 5.74) is 0.109. The summed E-state index contributed by atoms with van der Waals surface area (Å²) in [5.74, 6) is -3.15. The molecule has 2 atom stereocenters. The van der Waals surface area contributed by atoms with Crippen molar-refractivity contribution in [1.29, 1.82) is 0 Å². The van der Waals surface area contributed by atoms with E-state index in [-0.39, 0.29) is 17.5 Å². The highest BCUT2D eigenvalue weighted by atomic mass is 19.2. The van der Waals surface area contributed by atoms with Gasteiger partial charge in [-0.25, -0.2) is 13.2 Å². The molecule has 7 heteroatoms. The van der Waals surface area contributed by atoms with Crippen LogP contribution in [0, 0.1) is 17.5 Å². The number of piperidine rings is 1. The molecule has 1 aromatic heterocycles. The number of aromatic nitrogens is 1. The number of rotatable bonds is 3. The van der Waals surface area contributed by atoms with Crippen LogP contribution in [0.1, 0.15) is 30.1 Å². The van der Waals surface area contributed by atoms with Crippen molar-refractivity contribution in [2.45, 2.75) is 31.2 Å². The maximum absolute atomic E-state index is 13.2. The van der Waals surface area contributed by atoms with Gasteiger partial charge in [0, 0.05) is 18.0 Å². The molecular formula is C15H15F3N2O2. The van der Waals surface area contributed by atoms with Crippen molar-refractivity contribution in [3.05, 3.63) is 57.3 Å². The van der Waals surface area contributed by atoms with Gasteiger partial charge < -0.3 is 9.84 Å². The average molecular weight is 312 g/mol. The normalized spacial score (nSPS) is 22.0. The second kappa shape index (κ2) is 6.00. The Balaban J connectivity index is 1.71. The van der Waals surface area contributed by atoms with Gasteiger partial charge in [-0.1, -0.05) is 0 Å². The maximum Gasteiger partial charge on any atom is 0.280 e. The maximum atomic E-state index is 13.2. The van der Waals surface area contributed by atoms with Crippen LogP contribution in [0.25, 0.3) is 0 Å². The molecule has 2 N–H and O–H groups in total. The lowest BCUT2D eigenvalue weighted by atomic mass is 9.87. The molecule has 0 bridgehead atoms. The van der Waals surface area contributed by atoms with E-state index in [2.05, 4.69) is 10.5 Å². The van der Waals surface area contributed by atoms with Gasteiger partial charge in [-0.15, -0.1) is 0 Å². The first-order chi connectivity index (χ1) is 10.5. The summed E-state index contributed by atoms with van der Waals surface area (Å²) in [6.45, 7) is 0.705. The Kier molecular flexibility index (Phi) is 4.06. The largest absolute Gasteiger partial charge is 0.383 e. The van der Waals surface area contributed by atoms with Gasteiger partial charge in [0.2, 0.25) is 0 Å². The van der Waals surface area contributed by atoms with Gasteiger partial charge in [-0.3, -0.25) is 4.79 Å². The topological polar surface area (TPSA) is 58.0 Å². The molecule has 22 heavy (non-hydrogen) atoms. The molecular weight excluding hydrogens is 297 g/mol. The van der Waals surface area contributed by atoms with Gasteiger partial charge in [0.05, 0.1) is 0 Å². The van der Waals surface area contributed by atoms with Crippen LogP contribution in [0.15, 0.2) is 27.5 Å². The molecule has 118 valence electrons. The fraction of sp³-hybridized carbons (Fsp3) is 0.400. The highest BCUT2D eigenvalue weighted by Gasteiger charge is 2.26. The molecule has 3 rings (SSSR count). The SMILES string of the molecule is O=c1cc(C2CCNC(Cc3cc(F)c(F)c(F)c3)C2)o[nH]1. The number of halogens is 3. The third-order valence-corrected chi connectivity index (χ3v) is 3.97. The molecule has 0 aliphatic carbocycles. The Morgan fingerprint density at radius 3 is 2.55 bits per heavy atom. The molecule has 0 saturated carbocycles. The van der Waals surface area contributed by atoms with Gasteiger partial charge in [0.1, 0.15) is 5.76 Å². The van der Waals surface area contributed by atoms with Crippen LogP contribution >= 0.6 is 0 Å². The predicted octanol–water partition coefficient (Wildman–Crippen LogP) is 2.46. The van der Waals surface area contributed by atoms with E-state index < -0.39 is 17.5 Å². The van der Waals surface area contributed by atoms with Gasteiger partial charge in [-0.2, -0.15) is 5.16 Å². The van der Waals surface area contributed by atoms with Gasteiger partial charge in [0.25, 0.3) is 5.56 Å². The van der Waals surface area contributed by atoms with Crippen molar-refractivity contribution in [1.82, 2.24) is 10.5 Å². The Labute approximate surface area is 124 Å². The molecule has 4 nitrogen and oxygen atoms in total. The smallest absolute Gasteiger partial charge is 0.280 e. The van der Waals surface area contributed by atoms with E-state index in [0.717, 1.165) is 18.6 Å². The lowest BCUT2D eigenvalue weighted by Gasteiger charge is -2.29. The van der Waals surface area contributed by atoms with Crippen LogP contribution in [0.5, 0.6) is 0 Å². The first kappa shape index (κ1) is 14.9. The van der Waals surface area contributed by atoms with Crippen LogP contribution in [0.2, 0.25) is 0 Å². The van der Waals surface area contributed by atoms with E-state index >= 15 is 0 Å². The molecule has 1 aliphatic rings. The Morgan fingerprint density at radius 1 is 1.18 bits per heavy atom. The standard InChI is InChI=1S/C15H15F3N2O2/c16-11-4-8(5-12(17)15(11)18)3-10-6-9(1-2-19-10)13-7-14(21)20-22-13/h4-5,7,9-10,19H,1-3,6H2,(H,20,21). The molecule has 1 aliphatic heterocycles. The number of benzene rings is 1. The van der Waals surface area contributed by atoms with Crippen LogP contribution in [0.3, 0.4) is 0 Å². The van der Waals surface area contributed by atoms with E-state index in [4.69, 9.17) is 4.52 Å². The van der Waals surface area contributed by atoms with Crippen molar-refractivity contribution in [3.8, 4) is 0 Å². The Hall–Kier alpha value is -2.02. The molecule has 0 spiro atoms.